The van der Waals surface area contributed by atoms with Crippen LogP contribution in [0.15, 0.2) is 18.2 Å². The smallest absolute Gasteiger partial charge is 0.188 e. The highest BCUT2D eigenvalue weighted by Crippen LogP contribution is 2.24. The number of hydrogen-bond acceptors (Lipinski definition) is 3. The van der Waals surface area contributed by atoms with Crippen molar-refractivity contribution in [2.75, 3.05) is 0 Å². The Labute approximate surface area is 78.0 Å². The summed E-state index contributed by atoms with van der Waals surface area (Å²) in [6.45, 7) is 1.43. The van der Waals surface area contributed by atoms with Crippen LogP contribution in [0.2, 0.25) is 0 Å². The molecule has 66 valence electrons. The Balaban J connectivity index is 2.75. The topological polar surface area (TPSA) is 30.0 Å². The van der Waals surface area contributed by atoms with E-state index < -0.39 is 0 Å². The van der Waals surface area contributed by atoms with E-state index in [-0.39, 0.29) is 11.6 Å². The molecule has 2 aromatic rings. The lowest BCUT2D eigenvalue weighted by molar-refractivity contribution is 0.101. The Bertz CT molecular complexity index is 477. The minimum absolute atomic E-state index is 0.124. The third-order valence-electron chi connectivity index (χ3n) is 1.67. The number of aromatic nitrogens is 1. The highest BCUT2D eigenvalue weighted by atomic mass is 32.1. The molecule has 0 aliphatic heterocycles. The van der Waals surface area contributed by atoms with Gasteiger partial charge in [-0.3, -0.25) is 4.79 Å². The molecule has 4 heteroatoms. The molecular formula is C9H6FNOS. The molecule has 0 N–H and O–H groups in total. The quantitative estimate of drug-likeness (QED) is 0.655. The van der Waals surface area contributed by atoms with Gasteiger partial charge in [0, 0.05) is 6.92 Å². The van der Waals surface area contributed by atoms with E-state index in [0.717, 1.165) is 11.3 Å². The van der Waals surface area contributed by atoms with Gasteiger partial charge >= 0.3 is 0 Å². The molecule has 1 aromatic carbocycles. The molecule has 0 spiro atoms. The average molecular weight is 195 g/mol. The van der Waals surface area contributed by atoms with Crippen LogP contribution in [0.1, 0.15) is 16.7 Å². The summed E-state index contributed by atoms with van der Waals surface area (Å²) in [7, 11) is 0. The predicted molar refractivity (Wildman–Crippen MR) is 49.6 cm³/mol. The zero-order valence-electron chi connectivity index (χ0n) is 6.87. The Morgan fingerprint density at radius 2 is 2.31 bits per heavy atom. The molecule has 1 aromatic heterocycles. The van der Waals surface area contributed by atoms with Gasteiger partial charge in [0.1, 0.15) is 5.82 Å². The number of thiazole rings is 1. The number of hydrogen-bond donors (Lipinski definition) is 0. The summed E-state index contributed by atoms with van der Waals surface area (Å²) >= 11 is 1.10. The molecule has 0 aliphatic rings. The van der Waals surface area contributed by atoms with Gasteiger partial charge in [0.15, 0.2) is 10.8 Å². The number of Topliss-reactive ketones (excluding diaryl/α,β-unsaturated/α-hetero) is 1. The molecule has 0 radical (unpaired) electrons. The van der Waals surface area contributed by atoms with Crippen molar-refractivity contribution in [2.45, 2.75) is 6.92 Å². The third-order valence-corrected chi connectivity index (χ3v) is 2.85. The zero-order valence-corrected chi connectivity index (χ0v) is 7.69. The normalized spacial score (nSPS) is 10.6. The number of nitrogens with zero attached hydrogens (tertiary/aromatic N) is 1. The molecule has 0 atom stereocenters. The second-order valence-electron chi connectivity index (χ2n) is 2.66. The van der Waals surface area contributed by atoms with Crippen LogP contribution in [-0.4, -0.2) is 10.8 Å². The van der Waals surface area contributed by atoms with Crippen LogP contribution in [0.25, 0.3) is 10.2 Å². The second kappa shape index (κ2) is 2.88. The molecule has 13 heavy (non-hydrogen) atoms. The van der Waals surface area contributed by atoms with Crippen molar-refractivity contribution in [1.82, 2.24) is 4.98 Å². The number of rotatable bonds is 1. The average Bonchev–Trinajstić information content (AvgIpc) is 2.49. The fraction of sp³-hybridized carbons (Fsp3) is 0.111. The second-order valence-corrected chi connectivity index (χ2v) is 3.66. The number of halogens is 1. The van der Waals surface area contributed by atoms with Crippen LogP contribution in [0, 0.1) is 5.82 Å². The minimum atomic E-state index is -0.317. The molecule has 1 heterocycles. The molecular weight excluding hydrogens is 189 g/mol. The van der Waals surface area contributed by atoms with Gasteiger partial charge in [0.25, 0.3) is 0 Å². The van der Waals surface area contributed by atoms with Crippen molar-refractivity contribution in [3.63, 3.8) is 0 Å². The largest absolute Gasteiger partial charge is 0.292 e. The maximum atomic E-state index is 13.1. The number of carbonyl (C=O) groups excluding carboxylic acids is 1. The summed E-state index contributed by atoms with van der Waals surface area (Å²) < 4.78 is 13.6. The Morgan fingerprint density at radius 3 is 2.92 bits per heavy atom. The first-order valence-electron chi connectivity index (χ1n) is 3.74. The first kappa shape index (κ1) is 8.31. The van der Waals surface area contributed by atoms with Crippen molar-refractivity contribution in [3.8, 4) is 0 Å². The molecule has 0 unspecified atom stereocenters. The molecule has 0 saturated carbocycles. The lowest BCUT2D eigenvalue weighted by Gasteiger charge is -1.86. The molecule has 2 rings (SSSR count). The van der Waals surface area contributed by atoms with Gasteiger partial charge in [0.05, 0.1) is 10.2 Å². The third kappa shape index (κ3) is 1.33. The number of carbonyl (C=O) groups is 1. The predicted octanol–water partition coefficient (Wildman–Crippen LogP) is 2.64. The van der Waals surface area contributed by atoms with Crippen LogP contribution in [0.5, 0.6) is 0 Å². The minimum Gasteiger partial charge on any atom is -0.292 e. The summed E-state index contributed by atoms with van der Waals surface area (Å²) in [6, 6.07) is 4.65. The van der Waals surface area contributed by atoms with Crippen LogP contribution in [0.3, 0.4) is 0 Å². The molecule has 0 saturated heterocycles. The van der Waals surface area contributed by atoms with E-state index in [1.165, 1.54) is 13.0 Å². The molecule has 0 bridgehead atoms. The van der Waals surface area contributed by atoms with Gasteiger partial charge in [0.2, 0.25) is 0 Å². The maximum Gasteiger partial charge on any atom is 0.188 e. The van der Waals surface area contributed by atoms with Crippen LogP contribution >= 0.6 is 11.3 Å². The van der Waals surface area contributed by atoms with Gasteiger partial charge < -0.3 is 0 Å². The molecule has 0 aliphatic carbocycles. The molecule has 0 amide bonds. The first-order chi connectivity index (χ1) is 6.18. The van der Waals surface area contributed by atoms with Crippen LogP contribution in [-0.2, 0) is 0 Å². The number of benzene rings is 1. The van der Waals surface area contributed by atoms with E-state index in [1.807, 2.05) is 0 Å². The lowest BCUT2D eigenvalue weighted by atomic mass is 10.3. The van der Waals surface area contributed by atoms with Gasteiger partial charge in [-0.15, -0.1) is 11.3 Å². The van der Waals surface area contributed by atoms with E-state index >= 15 is 0 Å². The van der Waals surface area contributed by atoms with E-state index in [2.05, 4.69) is 4.98 Å². The van der Waals surface area contributed by atoms with Gasteiger partial charge in [-0.25, -0.2) is 9.37 Å². The summed E-state index contributed by atoms with van der Waals surface area (Å²) in [5.74, 6) is -0.442. The SMILES string of the molecule is CC(=O)c1nc2cccc(F)c2s1. The van der Waals surface area contributed by atoms with Crippen molar-refractivity contribution in [2.24, 2.45) is 0 Å². The maximum absolute atomic E-state index is 13.1. The Kier molecular flexibility index (Phi) is 1.84. The number of ketones is 1. The Hall–Kier alpha value is -1.29. The van der Waals surface area contributed by atoms with Crippen LogP contribution in [0.4, 0.5) is 4.39 Å². The fourth-order valence-electron chi connectivity index (χ4n) is 1.07. The molecule has 2 nitrogen and oxygen atoms in total. The Morgan fingerprint density at radius 1 is 1.54 bits per heavy atom. The van der Waals surface area contributed by atoms with Crippen molar-refractivity contribution in [1.29, 1.82) is 0 Å². The monoisotopic (exact) mass is 195 g/mol. The van der Waals surface area contributed by atoms with Crippen molar-refractivity contribution in [3.05, 3.63) is 29.0 Å². The van der Waals surface area contributed by atoms with Gasteiger partial charge in [-0.2, -0.15) is 0 Å². The van der Waals surface area contributed by atoms with Crippen LogP contribution < -0.4 is 0 Å². The van der Waals surface area contributed by atoms with E-state index in [4.69, 9.17) is 0 Å². The highest BCUT2D eigenvalue weighted by molar-refractivity contribution is 7.20. The first-order valence-corrected chi connectivity index (χ1v) is 4.56. The van der Waals surface area contributed by atoms with E-state index in [0.29, 0.717) is 15.2 Å². The summed E-state index contributed by atoms with van der Waals surface area (Å²) in [5.41, 5.74) is 0.551. The summed E-state index contributed by atoms with van der Waals surface area (Å²) in [6.07, 6.45) is 0. The van der Waals surface area contributed by atoms with Gasteiger partial charge in [-0.1, -0.05) is 6.07 Å². The zero-order chi connectivity index (χ0) is 9.42. The lowest BCUT2D eigenvalue weighted by Crippen LogP contribution is -1.87. The van der Waals surface area contributed by atoms with Crippen molar-refractivity contribution >= 4 is 27.3 Å². The summed E-state index contributed by atoms with van der Waals surface area (Å²) in [5, 5.41) is 0.361. The van der Waals surface area contributed by atoms with E-state index in [9.17, 15) is 9.18 Å². The fourth-order valence-corrected chi connectivity index (χ4v) is 1.93. The summed E-state index contributed by atoms with van der Waals surface area (Å²) in [4.78, 5) is 15.0. The van der Waals surface area contributed by atoms with Gasteiger partial charge in [-0.05, 0) is 12.1 Å². The van der Waals surface area contributed by atoms with E-state index in [1.54, 1.807) is 12.1 Å². The van der Waals surface area contributed by atoms with Crippen molar-refractivity contribution < 1.29 is 9.18 Å². The standard InChI is InChI=1S/C9H6FNOS/c1-5(12)9-11-7-4-2-3-6(10)8(7)13-9/h2-4H,1H3. The highest BCUT2D eigenvalue weighted by Gasteiger charge is 2.09. The number of fused-ring (bicyclic) bond motifs is 1. The molecule has 0 fully saturated rings.